The Balaban J connectivity index is 1.80. The summed E-state index contributed by atoms with van der Waals surface area (Å²) in [6.07, 6.45) is 2.33. The van der Waals surface area contributed by atoms with Gasteiger partial charge in [-0.2, -0.15) is 0 Å². The van der Waals surface area contributed by atoms with Crippen LogP contribution in [-0.4, -0.2) is 57.6 Å². The van der Waals surface area contributed by atoms with Crippen LogP contribution in [0.5, 0.6) is 11.5 Å². The predicted octanol–water partition coefficient (Wildman–Crippen LogP) is 2.08. The van der Waals surface area contributed by atoms with Gasteiger partial charge >= 0.3 is 0 Å². The fraction of sp³-hybridized carbons (Fsp3) is 0.647. The molecule has 2 fully saturated rings. The van der Waals surface area contributed by atoms with Gasteiger partial charge in [0.25, 0.3) is 0 Å². The van der Waals surface area contributed by atoms with E-state index in [4.69, 9.17) is 18.9 Å². The van der Waals surface area contributed by atoms with Crippen LogP contribution in [-0.2, 0) is 16.0 Å². The van der Waals surface area contributed by atoms with Crippen molar-refractivity contribution in [2.24, 2.45) is 0 Å². The van der Waals surface area contributed by atoms with Gasteiger partial charge < -0.3 is 18.9 Å². The molecule has 2 heterocycles. The summed E-state index contributed by atoms with van der Waals surface area (Å²) in [4.78, 5) is 2.37. The lowest BCUT2D eigenvalue weighted by molar-refractivity contribution is -0.0756. The van der Waals surface area contributed by atoms with Crippen LogP contribution in [0, 0.1) is 0 Å². The number of hydrogen-bond acceptors (Lipinski definition) is 5. The van der Waals surface area contributed by atoms with Crippen LogP contribution < -0.4 is 9.47 Å². The van der Waals surface area contributed by atoms with E-state index in [-0.39, 0.29) is 11.7 Å². The zero-order valence-corrected chi connectivity index (χ0v) is 13.6. The maximum absolute atomic E-state index is 6.06. The average Bonchev–Trinajstić information content (AvgIpc) is 3.15. The minimum absolute atomic E-state index is 0.135. The topological polar surface area (TPSA) is 40.2 Å². The van der Waals surface area contributed by atoms with Gasteiger partial charge in [-0.15, -0.1) is 0 Å². The summed E-state index contributed by atoms with van der Waals surface area (Å²) in [6.45, 7) is 3.38. The van der Waals surface area contributed by atoms with E-state index < -0.39 is 0 Å². The molecule has 0 aliphatic carbocycles. The van der Waals surface area contributed by atoms with Crippen LogP contribution in [0.4, 0.5) is 0 Å². The number of likely N-dealkylation sites (tertiary alicyclic amines) is 1. The predicted molar refractivity (Wildman–Crippen MR) is 83.5 cm³/mol. The highest BCUT2D eigenvalue weighted by Crippen LogP contribution is 2.39. The molecule has 2 aliphatic heterocycles. The lowest BCUT2D eigenvalue weighted by Crippen LogP contribution is -2.41. The summed E-state index contributed by atoms with van der Waals surface area (Å²) < 4.78 is 22.8. The van der Waals surface area contributed by atoms with E-state index in [1.165, 1.54) is 0 Å². The van der Waals surface area contributed by atoms with Crippen molar-refractivity contribution in [3.63, 3.8) is 0 Å². The first-order chi connectivity index (χ1) is 10.7. The summed E-state index contributed by atoms with van der Waals surface area (Å²) in [7, 11) is 5.17. The Bertz CT molecular complexity index is 491. The maximum atomic E-state index is 6.06. The highest BCUT2D eigenvalue weighted by atomic mass is 16.6. The summed E-state index contributed by atoms with van der Waals surface area (Å²) in [5.41, 5.74) is 0.946. The highest BCUT2D eigenvalue weighted by molar-refractivity contribution is 5.44. The Morgan fingerprint density at radius 3 is 2.50 bits per heavy atom. The number of hydrogen-bond donors (Lipinski definition) is 0. The van der Waals surface area contributed by atoms with Gasteiger partial charge in [0.15, 0.2) is 0 Å². The zero-order chi connectivity index (χ0) is 15.6. The minimum atomic E-state index is -0.135. The van der Waals surface area contributed by atoms with Crippen LogP contribution in [0.25, 0.3) is 0 Å². The van der Waals surface area contributed by atoms with Crippen LogP contribution in [0.15, 0.2) is 18.2 Å². The molecular formula is C17H25NO4. The monoisotopic (exact) mass is 307 g/mol. The van der Waals surface area contributed by atoms with Gasteiger partial charge in [-0.1, -0.05) is 6.07 Å². The van der Waals surface area contributed by atoms with Crippen LogP contribution in [0.1, 0.15) is 18.4 Å². The van der Waals surface area contributed by atoms with Gasteiger partial charge in [0, 0.05) is 33.4 Å². The first-order valence-electron chi connectivity index (χ1n) is 7.81. The van der Waals surface area contributed by atoms with E-state index in [1.807, 2.05) is 18.2 Å². The third-order valence-electron chi connectivity index (χ3n) is 4.83. The van der Waals surface area contributed by atoms with Crippen LogP contribution in [0.2, 0.25) is 0 Å². The fourth-order valence-corrected chi connectivity index (χ4v) is 3.76. The Labute approximate surface area is 132 Å². The summed E-state index contributed by atoms with van der Waals surface area (Å²) in [6, 6.07) is 5.90. The Morgan fingerprint density at radius 2 is 1.95 bits per heavy atom. The molecule has 5 nitrogen and oxygen atoms in total. The number of ether oxygens (including phenoxy) is 4. The number of nitrogens with zero attached hydrogens (tertiary/aromatic N) is 1. The number of rotatable bonds is 5. The molecule has 0 unspecified atom stereocenters. The van der Waals surface area contributed by atoms with E-state index in [0.717, 1.165) is 56.1 Å². The third-order valence-corrected chi connectivity index (χ3v) is 4.83. The number of benzene rings is 1. The van der Waals surface area contributed by atoms with E-state index in [9.17, 15) is 0 Å². The van der Waals surface area contributed by atoms with Gasteiger partial charge in [0.05, 0.1) is 25.9 Å². The molecule has 122 valence electrons. The summed E-state index contributed by atoms with van der Waals surface area (Å²) in [5.74, 6) is 1.73. The first kappa shape index (κ1) is 15.6. The standard InChI is InChI=1S/C17H25NO4/c1-19-14-6-4-7-15(20-2)13(14)10-18-11-16(21-3)17(12-18)8-5-9-22-17/h4,6-7,16H,5,8-12H2,1-3H3/t16-,17-/m0/s1. The van der Waals surface area contributed by atoms with Gasteiger partial charge in [0.1, 0.15) is 17.1 Å². The second-order valence-electron chi connectivity index (χ2n) is 6.05. The van der Waals surface area contributed by atoms with E-state index in [1.54, 1.807) is 21.3 Å². The molecule has 0 saturated carbocycles. The molecule has 5 heteroatoms. The smallest absolute Gasteiger partial charge is 0.127 e. The molecule has 1 aromatic rings. The molecule has 2 saturated heterocycles. The van der Waals surface area contributed by atoms with Crippen molar-refractivity contribution < 1.29 is 18.9 Å². The minimum Gasteiger partial charge on any atom is -0.496 e. The lowest BCUT2D eigenvalue weighted by atomic mass is 9.96. The summed E-state index contributed by atoms with van der Waals surface area (Å²) >= 11 is 0. The van der Waals surface area contributed by atoms with Crippen molar-refractivity contribution in [2.75, 3.05) is 41.0 Å². The normalized spacial score (nSPS) is 28.4. The summed E-state index contributed by atoms with van der Waals surface area (Å²) in [5, 5.41) is 0. The fourth-order valence-electron chi connectivity index (χ4n) is 3.76. The van der Waals surface area contributed by atoms with Crippen molar-refractivity contribution in [2.45, 2.75) is 31.1 Å². The van der Waals surface area contributed by atoms with Gasteiger partial charge in [-0.05, 0) is 25.0 Å². The molecule has 1 aromatic carbocycles. The van der Waals surface area contributed by atoms with Crippen molar-refractivity contribution in [3.8, 4) is 11.5 Å². The second-order valence-corrected chi connectivity index (χ2v) is 6.05. The molecule has 0 radical (unpaired) electrons. The Hall–Kier alpha value is -1.30. The van der Waals surface area contributed by atoms with Crippen molar-refractivity contribution in [1.82, 2.24) is 4.90 Å². The van der Waals surface area contributed by atoms with E-state index in [0.29, 0.717) is 0 Å². The van der Waals surface area contributed by atoms with Gasteiger partial charge in [-0.25, -0.2) is 0 Å². The van der Waals surface area contributed by atoms with E-state index in [2.05, 4.69) is 4.90 Å². The van der Waals surface area contributed by atoms with Crippen molar-refractivity contribution in [3.05, 3.63) is 23.8 Å². The Kier molecular flexibility index (Phi) is 4.57. The van der Waals surface area contributed by atoms with Gasteiger partial charge in [-0.3, -0.25) is 4.90 Å². The van der Waals surface area contributed by atoms with Crippen LogP contribution in [0.3, 0.4) is 0 Å². The molecule has 2 atom stereocenters. The molecule has 0 aromatic heterocycles. The quantitative estimate of drug-likeness (QED) is 0.833. The Morgan fingerprint density at radius 1 is 1.23 bits per heavy atom. The van der Waals surface area contributed by atoms with Crippen molar-refractivity contribution in [1.29, 1.82) is 0 Å². The molecule has 2 aliphatic rings. The van der Waals surface area contributed by atoms with Crippen LogP contribution >= 0.6 is 0 Å². The molecule has 0 N–H and O–H groups in total. The first-order valence-corrected chi connectivity index (χ1v) is 7.81. The molecular weight excluding hydrogens is 282 g/mol. The molecule has 3 rings (SSSR count). The highest BCUT2D eigenvalue weighted by Gasteiger charge is 2.50. The SMILES string of the molecule is COc1cccc(OC)c1CN1C[C@H](OC)[C@]2(CCCO2)C1. The molecule has 0 amide bonds. The molecule has 1 spiro atoms. The molecule has 22 heavy (non-hydrogen) atoms. The third kappa shape index (κ3) is 2.69. The largest absolute Gasteiger partial charge is 0.496 e. The van der Waals surface area contributed by atoms with Crippen molar-refractivity contribution >= 4 is 0 Å². The maximum Gasteiger partial charge on any atom is 0.127 e. The number of methoxy groups -OCH3 is 3. The second kappa shape index (κ2) is 6.44. The average molecular weight is 307 g/mol. The zero-order valence-electron chi connectivity index (χ0n) is 13.6. The molecule has 0 bridgehead atoms. The van der Waals surface area contributed by atoms with Gasteiger partial charge in [0.2, 0.25) is 0 Å². The lowest BCUT2D eigenvalue weighted by Gasteiger charge is -2.28. The van der Waals surface area contributed by atoms with E-state index >= 15 is 0 Å².